The highest BCUT2D eigenvalue weighted by Gasteiger charge is 2.30. The van der Waals surface area contributed by atoms with Gasteiger partial charge < -0.3 is 10.1 Å². The van der Waals surface area contributed by atoms with Gasteiger partial charge in [0.05, 0.1) is 21.7 Å². The summed E-state index contributed by atoms with van der Waals surface area (Å²) >= 11 is 0. The zero-order chi connectivity index (χ0) is 23.0. The van der Waals surface area contributed by atoms with E-state index in [1.54, 1.807) is 0 Å². The molecule has 0 radical (unpaired) electrons. The van der Waals surface area contributed by atoms with Gasteiger partial charge in [-0.25, -0.2) is 4.98 Å². The van der Waals surface area contributed by atoms with Gasteiger partial charge in [-0.15, -0.1) is 0 Å². The predicted molar refractivity (Wildman–Crippen MR) is 108 cm³/mol. The van der Waals surface area contributed by atoms with Gasteiger partial charge in [0, 0.05) is 49.3 Å². The molecule has 4 rings (SSSR count). The molecule has 0 amide bonds. The van der Waals surface area contributed by atoms with Crippen LogP contribution in [-0.4, -0.2) is 31.4 Å². The lowest BCUT2D eigenvalue weighted by Crippen LogP contribution is -2.35. The standard InChI is InChI=1S/C21H17F3N4O4/c22-21(23,24)14-3-1-12(2-4-14)19-25-17-7-8-27(11-16(17)20(30)26-19)10-13-9-15(28(31)32)5-6-18(13)29/h1-6,9,29H,7-8,10-11H2,(H,25,26,30). The fourth-order valence-corrected chi connectivity index (χ4v) is 3.62. The average Bonchev–Trinajstić information content (AvgIpc) is 2.75. The molecule has 1 aliphatic rings. The van der Waals surface area contributed by atoms with E-state index in [9.17, 15) is 33.2 Å². The number of nitrogens with zero attached hydrogens (tertiary/aromatic N) is 3. The maximum Gasteiger partial charge on any atom is 0.416 e. The van der Waals surface area contributed by atoms with Gasteiger partial charge in [0.2, 0.25) is 0 Å². The summed E-state index contributed by atoms with van der Waals surface area (Å²) < 4.78 is 38.3. The summed E-state index contributed by atoms with van der Waals surface area (Å²) in [6, 6.07) is 8.14. The number of benzene rings is 2. The summed E-state index contributed by atoms with van der Waals surface area (Å²) in [6.45, 7) is 0.901. The number of non-ortho nitro benzene ring substituents is 1. The van der Waals surface area contributed by atoms with Gasteiger partial charge in [0.25, 0.3) is 11.2 Å². The van der Waals surface area contributed by atoms with Gasteiger partial charge >= 0.3 is 6.18 Å². The minimum Gasteiger partial charge on any atom is -0.508 e. The molecule has 3 aromatic rings. The van der Waals surface area contributed by atoms with Gasteiger partial charge in [-0.05, 0) is 18.2 Å². The third-order valence-corrected chi connectivity index (χ3v) is 5.30. The largest absolute Gasteiger partial charge is 0.508 e. The molecule has 166 valence electrons. The molecule has 32 heavy (non-hydrogen) atoms. The lowest BCUT2D eigenvalue weighted by Gasteiger charge is -2.28. The van der Waals surface area contributed by atoms with Crippen molar-refractivity contribution in [1.82, 2.24) is 14.9 Å². The summed E-state index contributed by atoms with van der Waals surface area (Å²) in [7, 11) is 0. The van der Waals surface area contributed by atoms with Gasteiger partial charge in [-0.3, -0.25) is 19.8 Å². The van der Waals surface area contributed by atoms with Gasteiger partial charge in [0.1, 0.15) is 11.6 Å². The Morgan fingerprint density at radius 2 is 1.91 bits per heavy atom. The number of aromatic nitrogens is 2. The van der Waals surface area contributed by atoms with E-state index in [2.05, 4.69) is 9.97 Å². The molecule has 0 atom stereocenters. The SMILES string of the molecule is O=c1[nH]c(-c2ccc(C(F)(F)F)cc2)nc2c1CN(Cc1cc([N+](=O)[O-])ccc1O)CC2. The van der Waals surface area contributed by atoms with E-state index in [0.717, 1.165) is 12.1 Å². The van der Waals surface area contributed by atoms with E-state index >= 15 is 0 Å². The van der Waals surface area contributed by atoms with Gasteiger partial charge in [-0.2, -0.15) is 13.2 Å². The fourth-order valence-electron chi connectivity index (χ4n) is 3.62. The lowest BCUT2D eigenvalue weighted by molar-refractivity contribution is -0.385. The van der Waals surface area contributed by atoms with Gasteiger partial charge in [0.15, 0.2) is 0 Å². The minimum atomic E-state index is -4.45. The van der Waals surface area contributed by atoms with Crippen LogP contribution in [0.25, 0.3) is 11.4 Å². The molecule has 1 aromatic heterocycles. The van der Waals surface area contributed by atoms with Crippen LogP contribution in [0.15, 0.2) is 47.3 Å². The number of aromatic amines is 1. The molecular formula is C21H17F3N4O4. The highest BCUT2D eigenvalue weighted by atomic mass is 19.4. The number of hydrogen-bond donors (Lipinski definition) is 2. The number of aromatic hydroxyl groups is 1. The molecule has 11 heteroatoms. The van der Waals surface area contributed by atoms with Crippen LogP contribution in [0.2, 0.25) is 0 Å². The van der Waals surface area contributed by atoms with Crippen LogP contribution in [0, 0.1) is 10.1 Å². The summed E-state index contributed by atoms with van der Waals surface area (Å²) in [6.07, 6.45) is -4.05. The van der Waals surface area contributed by atoms with E-state index in [0.29, 0.717) is 35.3 Å². The number of hydrogen-bond acceptors (Lipinski definition) is 6. The van der Waals surface area contributed by atoms with Gasteiger partial charge in [-0.1, -0.05) is 12.1 Å². The highest BCUT2D eigenvalue weighted by molar-refractivity contribution is 5.56. The Bertz CT molecular complexity index is 1240. The first-order valence-corrected chi connectivity index (χ1v) is 9.60. The first-order chi connectivity index (χ1) is 15.1. The van der Waals surface area contributed by atoms with Crippen LogP contribution >= 0.6 is 0 Å². The molecule has 2 heterocycles. The maximum atomic E-state index is 12.8. The van der Waals surface area contributed by atoms with Crippen LogP contribution in [0.5, 0.6) is 5.75 Å². The minimum absolute atomic E-state index is 0.0777. The van der Waals surface area contributed by atoms with Crippen LogP contribution < -0.4 is 5.56 Å². The van der Waals surface area contributed by atoms with Crippen LogP contribution in [0.4, 0.5) is 18.9 Å². The number of halogens is 3. The van der Waals surface area contributed by atoms with Crippen molar-refractivity contribution in [3.8, 4) is 17.1 Å². The van der Waals surface area contributed by atoms with Crippen molar-refractivity contribution in [3.05, 3.63) is 85.3 Å². The van der Waals surface area contributed by atoms with Crippen molar-refractivity contribution in [3.63, 3.8) is 0 Å². The lowest BCUT2D eigenvalue weighted by atomic mass is 10.0. The number of fused-ring (bicyclic) bond motifs is 1. The monoisotopic (exact) mass is 446 g/mol. The molecule has 8 nitrogen and oxygen atoms in total. The zero-order valence-electron chi connectivity index (χ0n) is 16.5. The van der Waals surface area contributed by atoms with Crippen molar-refractivity contribution in [2.75, 3.05) is 6.54 Å². The second kappa shape index (κ2) is 8.08. The number of alkyl halides is 3. The van der Waals surface area contributed by atoms with Crippen LogP contribution in [0.3, 0.4) is 0 Å². The predicted octanol–water partition coefficient (Wildman–Crippen LogP) is 3.63. The Morgan fingerprint density at radius 1 is 1.19 bits per heavy atom. The second-order valence-electron chi connectivity index (χ2n) is 7.45. The number of nitro benzene ring substituents is 1. The molecule has 0 fully saturated rings. The molecule has 2 aromatic carbocycles. The van der Waals surface area contributed by atoms with E-state index in [-0.39, 0.29) is 30.4 Å². The quantitative estimate of drug-likeness (QED) is 0.468. The number of nitrogens with one attached hydrogen (secondary N) is 1. The number of H-pyrrole nitrogens is 1. The topological polar surface area (TPSA) is 112 Å². The Labute approximate surface area is 179 Å². The summed E-state index contributed by atoms with van der Waals surface area (Å²) in [5.41, 5.74) is 0.352. The Hall–Kier alpha value is -3.73. The highest BCUT2D eigenvalue weighted by Crippen LogP contribution is 2.31. The number of nitro groups is 1. The summed E-state index contributed by atoms with van der Waals surface area (Å²) in [5.74, 6) is 0.110. The number of rotatable bonds is 4. The van der Waals surface area contributed by atoms with Crippen molar-refractivity contribution < 1.29 is 23.2 Å². The van der Waals surface area contributed by atoms with Crippen molar-refractivity contribution >= 4 is 5.69 Å². The summed E-state index contributed by atoms with van der Waals surface area (Å²) in [5, 5.41) is 21.0. The molecule has 0 saturated carbocycles. The molecule has 1 aliphatic heterocycles. The normalized spacial score (nSPS) is 14.2. The van der Waals surface area contributed by atoms with Crippen molar-refractivity contribution in [2.45, 2.75) is 25.7 Å². The third kappa shape index (κ3) is 4.33. The van der Waals surface area contributed by atoms with E-state index < -0.39 is 22.2 Å². The zero-order valence-corrected chi connectivity index (χ0v) is 16.5. The Balaban J connectivity index is 1.56. The number of phenols is 1. The smallest absolute Gasteiger partial charge is 0.416 e. The van der Waals surface area contributed by atoms with Crippen molar-refractivity contribution in [2.24, 2.45) is 0 Å². The van der Waals surface area contributed by atoms with Crippen LogP contribution in [-0.2, 0) is 25.7 Å². The molecule has 0 unspecified atom stereocenters. The average molecular weight is 446 g/mol. The fraction of sp³-hybridized carbons (Fsp3) is 0.238. The van der Waals surface area contributed by atoms with Crippen molar-refractivity contribution in [1.29, 1.82) is 0 Å². The third-order valence-electron chi connectivity index (χ3n) is 5.30. The Morgan fingerprint density at radius 3 is 2.56 bits per heavy atom. The Kier molecular flexibility index (Phi) is 5.43. The molecule has 0 bridgehead atoms. The second-order valence-corrected chi connectivity index (χ2v) is 7.45. The first-order valence-electron chi connectivity index (χ1n) is 9.60. The maximum absolute atomic E-state index is 12.8. The molecule has 0 saturated heterocycles. The molecule has 0 spiro atoms. The first kappa shape index (κ1) is 21.5. The number of phenolic OH excluding ortho intramolecular Hbond substituents is 1. The van der Waals surface area contributed by atoms with E-state index in [4.69, 9.17) is 0 Å². The van der Waals surface area contributed by atoms with E-state index in [1.165, 1.54) is 30.3 Å². The summed E-state index contributed by atoms with van der Waals surface area (Å²) in [4.78, 5) is 32.0. The molecular weight excluding hydrogens is 429 g/mol. The van der Waals surface area contributed by atoms with Crippen LogP contribution in [0.1, 0.15) is 22.4 Å². The molecule has 0 aliphatic carbocycles. The van der Waals surface area contributed by atoms with E-state index in [1.807, 2.05) is 4.90 Å². The molecule has 2 N–H and O–H groups in total.